The average molecular weight is 247 g/mol. The molecule has 6 heteroatoms. The van der Waals surface area contributed by atoms with Crippen LogP contribution in [0.2, 0.25) is 0 Å². The highest BCUT2D eigenvalue weighted by Gasteiger charge is 2.22. The molecule has 0 fully saturated rings. The van der Waals surface area contributed by atoms with Crippen molar-refractivity contribution in [3.05, 3.63) is 0 Å². The topological polar surface area (TPSA) is 95.9 Å². The van der Waals surface area contributed by atoms with E-state index in [1.807, 2.05) is 13.8 Å². The fraction of sp³-hybridized carbons (Fsp3) is 0.818. The smallest absolute Gasteiger partial charge is 0.329 e. The van der Waals surface area contributed by atoms with Crippen molar-refractivity contribution in [2.45, 2.75) is 32.8 Å². The SMILES string of the molecule is CC(C)CC(C)(O)CNC(=O)COCC(=O)O. The van der Waals surface area contributed by atoms with Crippen LogP contribution in [0.3, 0.4) is 0 Å². The molecule has 1 unspecified atom stereocenters. The summed E-state index contributed by atoms with van der Waals surface area (Å²) in [6.45, 7) is 4.91. The minimum Gasteiger partial charge on any atom is -0.480 e. The molecule has 1 amide bonds. The summed E-state index contributed by atoms with van der Waals surface area (Å²) in [6, 6.07) is 0. The second kappa shape index (κ2) is 7.24. The third-order valence-electron chi connectivity index (χ3n) is 1.97. The number of carbonyl (C=O) groups is 2. The summed E-state index contributed by atoms with van der Waals surface area (Å²) in [7, 11) is 0. The van der Waals surface area contributed by atoms with Crippen molar-refractivity contribution in [3.63, 3.8) is 0 Å². The minimum absolute atomic E-state index is 0.125. The molecule has 0 bridgehead atoms. The zero-order valence-corrected chi connectivity index (χ0v) is 10.5. The van der Waals surface area contributed by atoms with Crippen LogP contribution in [0.15, 0.2) is 0 Å². The summed E-state index contributed by atoms with van der Waals surface area (Å²) in [5.41, 5.74) is -0.962. The van der Waals surface area contributed by atoms with E-state index in [4.69, 9.17) is 5.11 Å². The van der Waals surface area contributed by atoms with E-state index in [2.05, 4.69) is 10.1 Å². The van der Waals surface area contributed by atoms with E-state index in [1.165, 1.54) is 0 Å². The first-order chi connectivity index (χ1) is 7.73. The van der Waals surface area contributed by atoms with Gasteiger partial charge < -0.3 is 20.3 Å². The molecule has 6 nitrogen and oxygen atoms in total. The van der Waals surface area contributed by atoms with E-state index in [9.17, 15) is 14.7 Å². The molecule has 0 aromatic rings. The lowest BCUT2D eigenvalue weighted by atomic mass is 9.94. The molecule has 100 valence electrons. The molecule has 0 aromatic carbocycles. The number of rotatable bonds is 8. The summed E-state index contributed by atoms with van der Waals surface area (Å²) in [5.74, 6) is -1.23. The average Bonchev–Trinajstić information content (AvgIpc) is 2.12. The first kappa shape index (κ1) is 15.9. The summed E-state index contributed by atoms with van der Waals surface area (Å²) >= 11 is 0. The van der Waals surface area contributed by atoms with Gasteiger partial charge in [0, 0.05) is 6.54 Å². The third kappa shape index (κ3) is 9.77. The minimum atomic E-state index is -1.12. The number of carbonyl (C=O) groups excluding carboxylic acids is 1. The molecule has 0 radical (unpaired) electrons. The van der Waals surface area contributed by atoms with E-state index >= 15 is 0 Å². The maximum atomic E-state index is 11.2. The first-order valence-electron chi connectivity index (χ1n) is 5.51. The molecule has 0 saturated heterocycles. The van der Waals surface area contributed by atoms with Gasteiger partial charge >= 0.3 is 5.97 Å². The van der Waals surface area contributed by atoms with Gasteiger partial charge in [0.25, 0.3) is 0 Å². The van der Waals surface area contributed by atoms with Gasteiger partial charge in [0.2, 0.25) is 5.91 Å². The first-order valence-corrected chi connectivity index (χ1v) is 5.51. The Kier molecular flexibility index (Phi) is 6.75. The molecule has 1 atom stereocenters. The normalized spacial score (nSPS) is 14.4. The van der Waals surface area contributed by atoms with Gasteiger partial charge in [-0.2, -0.15) is 0 Å². The van der Waals surface area contributed by atoms with Gasteiger partial charge in [0.05, 0.1) is 5.60 Å². The van der Waals surface area contributed by atoms with Crippen molar-refractivity contribution in [1.82, 2.24) is 5.32 Å². The van der Waals surface area contributed by atoms with Gasteiger partial charge in [0.15, 0.2) is 0 Å². The second-order valence-electron chi connectivity index (χ2n) is 4.76. The molecule has 0 rings (SSSR count). The van der Waals surface area contributed by atoms with Crippen molar-refractivity contribution in [1.29, 1.82) is 0 Å². The van der Waals surface area contributed by atoms with Gasteiger partial charge in [0.1, 0.15) is 13.2 Å². The lowest BCUT2D eigenvalue weighted by Gasteiger charge is -2.25. The van der Waals surface area contributed by atoms with Crippen molar-refractivity contribution in [3.8, 4) is 0 Å². The van der Waals surface area contributed by atoms with Gasteiger partial charge in [-0.05, 0) is 19.3 Å². The lowest BCUT2D eigenvalue weighted by Crippen LogP contribution is -2.42. The molecule has 0 spiro atoms. The summed E-state index contributed by atoms with van der Waals surface area (Å²) in [4.78, 5) is 21.3. The third-order valence-corrected chi connectivity index (χ3v) is 1.97. The monoisotopic (exact) mass is 247 g/mol. The number of nitrogens with one attached hydrogen (secondary N) is 1. The molecular formula is C11H21NO5. The predicted molar refractivity (Wildman–Crippen MR) is 61.5 cm³/mol. The summed E-state index contributed by atoms with van der Waals surface area (Å²) < 4.78 is 4.61. The van der Waals surface area contributed by atoms with E-state index in [1.54, 1.807) is 6.92 Å². The van der Waals surface area contributed by atoms with Crippen LogP contribution in [-0.4, -0.2) is 47.4 Å². The molecular weight excluding hydrogens is 226 g/mol. The maximum absolute atomic E-state index is 11.2. The van der Waals surface area contributed by atoms with Crippen molar-refractivity contribution in [2.24, 2.45) is 5.92 Å². The molecule has 0 heterocycles. The Bertz CT molecular complexity index is 263. The number of hydrogen-bond donors (Lipinski definition) is 3. The largest absolute Gasteiger partial charge is 0.480 e. The molecule has 17 heavy (non-hydrogen) atoms. The Hall–Kier alpha value is -1.14. The van der Waals surface area contributed by atoms with Crippen LogP contribution >= 0.6 is 0 Å². The van der Waals surface area contributed by atoms with Crippen molar-refractivity contribution < 1.29 is 24.5 Å². The van der Waals surface area contributed by atoms with Crippen LogP contribution in [0.5, 0.6) is 0 Å². The standard InChI is InChI=1S/C11H21NO5/c1-8(2)4-11(3,16)7-12-9(13)5-17-6-10(14)15/h8,16H,4-7H2,1-3H3,(H,12,13)(H,14,15). The number of carboxylic acids is 1. The Morgan fingerprint density at radius 1 is 1.35 bits per heavy atom. The number of aliphatic carboxylic acids is 1. The van der Waals surface area contributed by atoms with Crippen LogP contribution in [-0.2, 0) is 14.3 Å². The molecule has 0 aliphatic carbocycles. The van der Waals surface area contributed by atoms with E-state index in [-0.39, 0.29) is 13.2 Å². The number of aliphatic hydroxyl groups is 1. The van der Waals surface area contributed by atoms with Crippen LogP contribution in [0, 0.1) is 5.92 Å². The highest BCUT2D eigenvalue weighted by molar-refractivity contribution is 5.77. The quantitative estimate of drug-likeness (QED) is 0.561. The van der Waals surface area contributed by atoms with Gasteiger partial charge in [-0.15, -0.1) is 0 Å². The predicted octanol–water partition coefficient (Wildman–Crippen LogP) is 0.000900. The summed E-state index contributed by atoms with van der Waals surface area (Å²) in [6.07, 6.45) is 0.573. The van der Waals surface area contributed by atoms with Crippen LogP contribution in [0.1, 0.15) is 27.2 Å². The Morgan fingerprint density at radius 2 is 1.94 bits per heavy atom. The number of hydrogen-bond acceptors (Lipinski definition) is 4. The van der Waals surface area contributed by atoms with Crippen molar-refractivity contribution in [2.75, 3.05) is 19.8 Å². The van der Waals surface area contributed by atoms with E-state index in [0.29, 0.717) is 12.3 Å². The second-order valence-corrected chi connectivity index (χ2v) is 4.76. The van der Waals surface area contributed by atoms with Crippen LogP contribution in [0.25, 0.3) is 0 Å². The molecule has 3 N–H and O–H groups in total. The van der Waals surface area contributed by atoms with Gasteiger partial charge in [-0.25, -0.2) is 4.79 Å². The zero-order chi connectivity index (χ0) is 13.5. The molecule has 0 aliphatic rings. The fourth-order valence-corrected chi connectivity index (χ4v) is 1.52. The molecule has 0 aromatic heterocycles. The van der Waals surface area contributed by atoms with Crippen LogP contribution < -0.4 is 5.32 Å². The number of carboxylic acid groups (broad SMARTS) is 1. The highest BCUT2D eigenvalue weighted by atomic mass is 16.5. The van der Waals surface area contributed by atoms with Crippen LogP contribution in [0.4, 0.5) is 0 Å². The summed E-state index contributed by atoms with van der Waals surface area (Å²) in [5, 5.41) is 20.7. The maximum Gasteiger partial charge on any atom is 0.329 e. The van der Waals surface area contributed by atoms with E-state index < -0.39 is 24.1 Å². The lowest BCUT2D eigenvalue weighted by molar-refractivity contribution is -0.143. The Labute approximate surface area is 101 Å². The molecule has 0 saturated carbocycles. The van der Waals surface area contributed by atoms with Gasteiger partial charge in [-0.3, -0.25) is 4.79 Å². The zero-order valence-electron chi connectivity index (χ0n) is 10.5. The molecule has 0 aliphatic heterocycles. The number of amides is 1. The Morgan fingerprint density at radius 3 is 2.41 bits per heavy atom. The highest BCUT2D eigenvalue weighted by Crippen LogP contribution is 2.14. The van der Waals surface area contributed by atoms with E-state index in [0.717, 1.165) is 0 Å². The van der Waals surface area contributed by atoms with Gasteiger partial charge in [-0.1, -0.05) is 13.8 Å². The van der Waals surface area contributed by atoms with Crippen molar-refractivity contribution >= 4 is 11.9 Å². The fourth-order valence-electron chi connectivity index (χ4n) is 1.52. The Balaban J connectivity index is 3.79. The number of ether oxygens (including phenoxy) is 1.